The number of anilines is 1. The SMILES string of the molecule is NCC1CCC(C(=O)Nc2ccc(Cl)c(C(N)=O)c2)O1. The van der Waals surface area contributed by atoms with E-state index in [0.29, 0.717) is 18.7 Å². The van der Waals surface area contributed by atoms with Gasteiger partial charge in [-0.25, -0.2) is 0 Å². The molecule has 6 nitrogen and oxygen atoms in total. The normalized spacial score (nSPS) is 21.7. The Balaban J connectivity index is 2.05. The Hall–Kier alpha value is -1.63. The third kappa shape index (κ3) is 3.27. The highest BCUT2D eigenvalue weighted by molar-refractivity contribution is 6.34. The molecule has 1 aliphatic rings. The summed E-state index contributed by atoms with van der Waals surface area (Å²) >= 11 is 5.84. The van der Waals surface area contributed by atoms with Gasteiger partial charge in [0.25, 0.3) is 5.91 Å². The first-order chi connectivity index (χ1) is 9.51. The Morgan fingerprint density at radius 2 is 2.15 bits per heavy atom. The fraction of sp³-hybridized carbons (Fsp3) is 0.385. The van der Waals surface area contributed by atoms with E-state index in [0.717, 1.165) is 6.42 Å². The number of benzene rings is 1. The summed E-state index contributed by atoms with van der Waals surface area (Å²) in [4.78, 5) is 23.2. The number of ether oxygens (including phenoxy) is 1. The number of hydrogen-bond donors (Lipinski definition) is 3. The fourth-order valence-corrected chi connectivity index (χ4v) is 2.30. The lowest BCUT2D eigenvalue weighted by atomic mass is 10.1. The first-order valence-electron chi connectivity index (χ1n) is 6.27. The predicted molar refractivity (Wildman–Crippen MR) is 75.5 cm³/mol. The van der Waals surface area contributed by atoms with E-state index in [1.165, 1.54) is 12.1 Å². The van der Waals surface area contributed by atoms with Crippen LogP contribution >= 0.6 is 11.6 Å². The van der Waals surface area contributed by atoms with Crippen molar-refractivity contribution in [2.75, 3.05) is 11.9 Å². The number of carbonyl (C=O) groups excluding carboxylic acids is 2. The highest BCUT2D eigenvalue weighted by atomic mass is 35.5. The molecule has 2 amide bonds. The van der Waals surface area contributed by atoms with Crippen LogP contribution in [-0.4, -0.2) is 30.6 Å². The molecule has 1 saturated heterocycles. The molecule has 1 aromatic carbocycles. The van der Waals surface area contributed by atoms with Crippen molar-refractivity contribution in [3.63, 3.8) is 0 Å². The van der Waals surface area contributed by atoms with Gasteiger partial charge in [-0.3, -0.25) is 9.59 Å². The van der Waals surface area contributed by atoms with Gasteiger partial charge in [-0.2, -0.15) is 0 Å². The van der Waals surface area contributed by atoms with Crippen LogP contribution in [-0.2, 0) is 9.53 Å². The standard InChI is InChI=1S/C13H16ClN3O3/c14-10-3-1-7(5-9(10)12(16)18)17-13(19)11-4-2-8(6-15)20-11/h1,3,5,8,11H,2,4,6,15H2,(H2,16,18)(H,17,19). The van der Waals surface area contributed by atoms with Gasteiger partial charge in [0, 0.05) is 12.2 Å². The molecule has 0 saturated carbocycles. The Labute approximate surface area is 121 Å². The van der Waals surface area contributed by atoms with Gasteiger partial charge < -0.3 is 21.5 Å². The Morgan fingerprint density at radius 3 is 2.75 bits per heavy atom. The molecule has 2 atom stereocenters. The third-order valence-electron chi connectivity index (χ3n) is 3.16. The number of nitrogens with one attached hydrogen (secondary N) is 1. The second-order valence-corrected chi connectivity index (χ2v) is 5.02. The van der Waals surface area contributed by atoms with E-state index < -0.39 is 12.0 Å². The molecule has 1 aliphatic heterocycles. The molecule has 0 radical (unpaired) electrons. The Morgan fingerprint density at radius 1 is 1.40 bits per heavy atom. The van der Waals surface area contributed by atoms with E-state index in [1.807, 2.05) is 0 Å². The van der Waals surface area contributed by atoms with Crippen molar-refractivity contribution in [1.29, 1.82) is 0 Å². The maximum atomic E-state index is 12.0. The zero-order valence-corrected chi connectivity index (χ0v) is 11.5. The lowest BCUT2D eigenvalue weighted by Gasteiger charge is -2.13. The van der Waals surface area contributed by atoms with Gasteiger partial charge in [0.15, 0.2) is 0 Å². The summed E-state index contributed by atoms with van der Waals surface area (Å²) in [6, 6.07) is 4.55. The second-order valence-electron chi connectivity index (χ2n) is 4.61. The van der Waals surface area contributed by atoms with Gasteiger partial charge in [0.05, 0.1) is 16.7 Å². The quantitative estimate of drug-likeness (QED) is 0.767. The van der Waals surface area contributed by atoms with Gasteiger partial charge in [-0.05, 0) is 31.0 Å². The summed E-state index contributed by atoms with van der Waals surface area (Å²) in [7, 11) is 0. The molecule has 2 unspecified atom stereocenters. The molecule has 0 spiro atoms. The average molecular weight is 298 g/mol. The molecule has 1 fully saturated rings. The summed E-state index contributed by atoms with van der Waals surface area (Å²) in [6.45, 7) is 0.399. The zero-order valence-electron chi connectivity index (χ0n) is 10.8. The van der Waals surface area contributed by atoms with Gasteiger partial charge >= 0.3 is 0 Å². The number of halogens is 1. The molecule has 1 aromatic rings. The van der Waals surface area contributed by atoms with Gasteiger partial charge in [-0.15, -0.1) is 0 Å². The van der Waals surface area contributed by atoms with E-state index in [2.05, 4.69) is 5.32 Å². The average Bonchev–Trinajstić information content (AvgIpc) is 2.89. The summed E-state index contributed by atoms with van der Waals surface area (Å²) in [5.74, 6) is -0.912. The van der Waals surface area contributed by atoms with Crippen LogP contribution in [0, 0.1) is 0 Å². The van der Waals surface area contributed by atoms with Crippen molar-refractivity contribution in [1.82, 2.24) is 0 Å². The maximum Gasteiger partial charge on any atom is 0.253 e. The van der Waals surface area contributed by atoms with Crippen molar-refractivity contribution in [2.45, 2.75) is 25.0 Å². The van der Waals surface area contributed by atoms with Crippen molar-refractivity contribution in [3.8, 4) is 0 Å². The monoisotopic (exact) mass is 297 g/mol. The van der Waals surface area contributed by atoms with Crippen LogP contribution in [0.1, 0.15) is 23.2 Å². The third-order valence-corrected chi connectivity index (χ3v) is 3.49. The molecule has 7 heteroatoms. The van der Waals surface area contributed by atoms with Gasteiger partial charge in [0.2, 0.25) is 5.91 Å². The number of hydrogen-bond acceptors (Lipinski definition) is 4. The lowest BCUT2D eigenvalue weighted by Crippen LogP contribution is -2.29. The van der Waals surface area contributed by atoms with Crippen LogP contribution in [0.15, 0.2) is 18.2 Å². The molecular formula is C13H16ClN3O3. The van der Waals surface area contributed by atoms with E-state index in [4.69, 9.17) is 27.8 Å². The number of amides is 2. The summed E-state index contributed by atoms with van der Waals surface area (Å²) in [6.07, 6.45) is 0.805. The van der Waals surface area contributed by atoms with Crippen LogP contribution in [0.5, 0.6) is 0 Å². The minimum absolute atomic E-state index is 0.0721. The van der Waals surface area contributed by atoms with Crippen molar-refractivity contribution in [3.05, 3.63) is 28.8 Å². The molecule has 1 heterocycles. The molecule has 108 valence electrons. The smallest absolute Gasteiger partial charge is 0.253 e. The molecular weight excluding hydrogens is 282 g/mol. The molecule has 0 aliphatic carbocycles. The van der Waals surface area contributed by atoms with Crippen molar-refractivity contribution in [2.24, 2.45) is 11.5 Å². The highest BCUT2D eigenvalue weighted by Gasteiger charge is 2.29. The largest absolute Gasteiger partial charge is 0.366 e. The van der Waals surface area contributed by atoms with E-state index >= 15 is 0 Å². The van der Waals surface area contributed by atoms with Gasteiger partial charge in [0.1, 0.15) is 6.10 Å². The highest BCUT2D eigenvalue weighted by Crippen LogP contribution is 2.23. The number of carbonyl (C=O) groups is 2. The van der Waals surface area contributed by atoms with Gasteiger partial charge in [-0.1, -0.05) is 11.6 Å². The fourth-order valence-electron chi connectivity index (χ4n) is 2.09. The topological polar surface area (TPSA) is 107 Å². The molecule has 2 rings (SSSR count). The lowest BCUT2D eigenvalue weighted by molar-refractivity contribution is -0.126. The first kappa shape index (κ1) is 14.8. The van der Waals surface area contributed by atoms with Crippen LogP contribution in [0.4, 0.5) is 5.69 Å². The van der Waals surface area contributed by atoms with E-state index in [9.17, 15) is 9.59 Å². The van der Waals surface area contributed by atoms with Crippen LogP contribution in [0.3, 0.4) is 0 Å². The van der Waals surface area contributed by atoms with Crippen LogP contribution < -0.4 is 16.8 Å². The van der Waals surface area contributed by atoms with E-state index in [1.54, 1.807) is 6.07 Å². The second kappa shape index (κ2) is 6.21. The number of rotatable bonds is 4. The first-order valence-corrected chi connectivity index (χ1v) is 6.64. The summed E-state index contributed by atoms with van der Waals surface area (Å²) in [5, 5.41) is 2.93. The van der Waals surface area contributed by atoms with Crippen LogP contribution in [0.25, 0.3) is 0 Å². The molecule has 20 heavy (non-hydrogen) atoms. The minimum atomic E-state index is -0.647. The number of nitrogens with two attached hydrogens (primary N) is 2. The Kier molecular flexibility index (Phi) is 4.59. The number of primary amides is 1. The molecule has 0 aromatic heterocycles. The minimum Gasteiger partial charge on any atom is -0.366 e. The van der Waals surface area contributed by atoms with Crippen molar-refractivity contribution >= 4 is 29.1 Å². The molecule has 5 N–H and O–H groups in total. The Bertz CT molecular complexity index is 536. The van der Waals surface area contributed by atoms with E-state index in [-0.39, 0.29) is 22.6 Å². The summed E-state index contributed by atoms with van der Waals surface area (Å²) in [5.41, 5.74) is 11.3. The maximum absolute atomic E-state index is 12.0. The van der Waals surface area contributed by atoms with Crippen molar-refractivity contribution < 1.29 is 14.3 Å². The van der Waals surface area contributed by atoms with Crippen LogP contribution in [0.2, 0.25) is 5.02 Å². The zero-order chi connectivity index (χ0) is 14.7. The summed E-state index contributed by atoms with van der Waals surface area (Å²) < 4.78 is 5.49. The molecule has 0 bridgehead atoms. The predicted octanol–water partition coefficient (Wildman–Crippen LogP) is 0.884.